The van der Waals surface area contributed by atoms with E-state index in [1.54, 1.807) is 0 Å². The summed E-state index contributed by atoms with van der Waals surface area (Å²) < 4.78 is -3.69. The van der Waals surface area contributed by atoms with Gasteiger partial charge < -0.3 is 0 Å². The van der Waals surface area contributed by atoms with E-state index in [0.717, 1.165) is 0 Å². The van der Waals surface area contributed by atoms with Gasteiger partial charge in [-0.25, -0.2) is 0 Å². The molecule has 0 unspecified atom stereocenters. The van der Waals surface area contributed by atoms with Crippen molar-refractivity contribution in [2.45, 2.75) is 0 Å². The third-order valence-corrected chi connectivity index (χ3v) is 0. The molecule has 0 aliphatic heterocycles. The van der Waals surface area contributed by atoms with E-state index in [-0.39, 0.29) is 5.34 Å². The van der Waals surface area contributed by atoms with Crippen molar-refractivity contribution in [2.24, 2.45) is 0 Å². The van der Waals surface area contributed by atoms with E-state index < -0.39 is 3.37 Å². The minimum atomic E-state index is -3.69. The minimum absolute atomic E-state index is 0.194. The average Bonchev–Trinajstić information content (AvgIpc) is 1.23. The van der Waals surface area contributed by atoms with Crippen LogP contribution in [-0.4, -0.2) is 5.34 Å². The molecule has 0 rings (SSSR count). The van der Waals surface area contributed by atoms with Crippen LogP contribution in [0, 0.1) is 0 Å². The summed E-state index contributed by atoms with van der Waals surface area (Å²) in [5, 5.41) is 0.194. The van der Waals surface area contributed by atoms with Crippen molar-refractivity contribution in [3.8, 4) is 0 Å². The van der Waals surface area contributed by atoms with Crippen LogP contribution in [0.25, 0.3) is 0 Å². The second-order valence-corrected chi connectivity index (χ2v) is 18.2. The first-order chi connectivity index (χ1) is 3.65. The first kappa shape index (κ1) is 14.0. The van der Waals surface area contributed by atoms with E-state index in [1.807, 2.05) is 0 Å². The molecular formula is CH2Cl7P. The molecule has 0 bridgehead atoms. The van der Waals surface area contributed by atoms with Gasteiger partial charge in [0.2, 0.25) is 0 Å². The van der Waals surface area contributed by atoms with Gasteiger partial charge >= 0.3 is 59.6 Å². The molecule has 0 aromatic carbocycles. The Bertz CT molecular complexity index is 51.8. The van der Waals surface area contributed by atoms with Gasteiger partial charge in [0.15, 0.2) is 0 Å². The Labute approximate surface area is 87.5 Å². The standard InChI is InChI=1S/CH2Cl2.Cl5P/c2-1-3;1-6(2,3,4)5/h1H2;. The number of halogens is 7. The number of hydrogen-bond acceptors (Lipinski definition) is 0. The summed E-state index contributed by atoms with van der Waals surface area (Å²) in [6.45, 7) is 0. The monoisotopic (exact) mass is 290 g/mol. The molecule has 0 heterocycles. The number of hydrogen-bond donors (Lipinski definition) is 0. The molecule has 0 saturated carbocycles. The van der Waals surface area contributed by atoms with Gasteiger partial charge in [-0.05, 0) is 0 Å². The summed E-state index contributed by atoms with van der Waals surface area (Å²) >= 11 is 34.4. The summed E-state index contributed by atoms with van der Waals surface area (Å²) in [5.41, 5.74) is 0. The molecule has 9 heavy (non-hydrogen) atoms. The topological polar surface area (TPSA) is 0 Å². The van der Waals surface area contributed by atoms with Crippen LogP contribution in [0.1, 0.15) is 0 Å². The number of alkyl halides is 2. The number of rotatable bonds is 0. The summed E-state index contributed by atoms with van der Waals surface area (Å²) in [4.78, 5) is 0. The maximum absolute atomic E-state index is 4.98. The Morgan fingerprint density at radius 3 is 0.778 bits per heavy atom. The molecule has 0 aromatic rings. The van der Waals surface area contributed by atoms with Crippen LogP contribution in [0.4, 0.5) is 0 Å². The van der Waals surface area contributed by atoms with Crippen molar-refractivity contribution < 1.29 is 0 Å². The molecule has 0 fully saturated rings. The quantitative estimate of drug-likeness (QED) is 0.395. The first-order valence-electron chi connectivity index (χ1n) is 1.38. The van der Waals surface area contributed by atoms with E-state index in [0.29, 0.717) is 0 Å². The molecule has 0 atom stereocenters. The molecule has 0 nitrogen and oxygen atoms in total. The van der Waals surface area contributed by atoms with Crippen LogP contribution in [0.5, 0.6) is 0 Å². The molecule has 8 heteroatoms. The van der Waals surface area contributed by atoms with Crippen molar-refractivity contribution in [1.29, 1.82) is 0 Å². The summed E-state index contributed by atoms with van der Waals surface area (Å²) in [6, 6.07) is 0. The van der Waals surface area contributed by atoms with Gasteiger partial charge in [0.25, 0.3) is 0 Å². The normalized spacial score (nSPS) is 14.8. The molecule has 0 N–H and O–H groups in total. The molecule has 0 aliphatic carbocycles. The van der Waals surface area contributed by atoms with E-state index in [9.17, 15) is 0 Å². The van der Waals surface area contributed by atoms with Crippen LogP contribution in [-0.2, 0) is 0 Å². The third-order valence-electron chi connectivity index (χ3n) is 0. The van der Waals surface area contributed by atoms with Crippen LogP contribution in [0.15, 0.2) is 0 Å². The zero-order valence-electron chi connectivity index (χ0n) is 3.80. The van der Waals surface area contributed by atoms with Crippen LogP contribution < -0.4 is 0 Å². The molecule has 0 spiro atoms. The van der Waals surface area contributed by atoms with E-state index in [1.165, 1.54) is 0 Å². The fraction of sp³-hybridized carbons (Fsp3) is 1.00. The van der Waals surface area contributed by atoms with Crippen molar-refractivity contribution in [1.82, 2.24) is 0 Å². The molecule has 0 saturated heterocycles. The third kappa shape index (κ3) is 124. The second kappa shape index (κ2) is 5.17. The fourth-order valence-corrected chi connectivity index (χ4v) is 0. The van der Waals surface area contributed by atoms with Gasteiger partial charge in [-0.3, -0.25) is 0 Å². The second-order valence-electron chi connectivity index (χ2n) is 0.740. The molecule has 0 aliphatic rings. The zero-order valence-corrected chi connectivity index (χ0v) is 9.99. The van der Waals surface area contributed by atoms with Gasteiger partial charge in [0, 0.05) is 0 Å². The van der Waals surface area contributed by atoms with E-state index in [4.69, 9.17) is 79.4 Å². The van der Waals surface area contributed by atoms with Gasteiger partial charge in [0.1, 0.15) is 0 Å². The van der Waals surface area contributed by atoms with E-state index in [2.05, 4.69) is 0 Å². The predicted molar refractivity (Wildman–Crippen MR) is 52.8 cm³/mol. The Kier molecular flexibility index (Phi) is 8.04. The van der Waals surface area contributed by atoms with Crippen molar-refractivity contribution in [2.75, 3.05) is 5.34 Å². The Morgan fingerprint density at radius 1 is 0.778 bits per heavy atom. The van der Waals surface area contributed by atoms with Gasteiger partial charge in [-0.2, -0.15) is 0 Å². The molecule has 0 amide bonds. The van der Waals surface area contributed by atoms with Crippen LogP contribution in [0.3, 0.4) is 0 Å². The SMILES string of the molecule is ClCCl.ClP(Cl)(Cl)(Cl)Cl. The fourth-order valence-electron chi connectivity index (χ4n) is 0. The summed E-state index contributed by atoms with van der Waals surface area (Å²) in [5.74, 6) is 0. The van der Waals surface area contributed by atoms with Gasteiger partial charge in [0.05, 0.1) is 5.34 Å². The predicted octanol–water partition coefficient (Wildman–Crippen LogP) is 5.73. The van der Waals surface area contributed by atoms with Crippen molar-refractivity contribution in [3.05, 3.63) is 0 Å². The molecule has 60 valence electrons. The molecule has 0 radical (unpaired) electrons. The van der Waals surface area contributed by atoms with Crippen molar-refractivity contribution in [3.63, 3.8) is 0 Å². The Morgan fingerprint density at radius 2 is 0.778 bits per heavy atom. The van der Waals surface area contributed by atoms with E-state index >= 15 is 0 Å². The van der Waals surface area contributed by atoms with Gasteiger partial charge in [-0.15, -0.1) is 23.2 Å². The Balaban J connectivity index is 0. The molecule has 0 aromatic heterocycles. The summed E-state index contributed by atoms with van der Waals surface area (Å²) in [7, 11) is 0. The van der Waals surface area contributed by atoms with Crippen molar-refractivity contribution >= 4 is 82.8 Å². The van der Waals surface area contributed by atoms with Crippen LogP contribution >= 0.6 is 82.8 Å². The zero-order chi connectivity index (χ0) is 8.15. The average molecular weight is 293 g/mol. The maximum atomic E-state index is 4.98. The van der Waals surface area contributed by atoms with Gasteiger partial charge in [-0.1, -0.05) is 0 Å². The Hall–Kier alpha value is 2.46. The first-order valence-corrected chi connectivity index (χ1v) is 9.21. The molecular weight excluding hydrogens is 291 g/mol. The summed E-state index contributed by atoms with van der Waals surface area (Å²) in [6.07, 6.45) is 0. The van der Waals surface area contributed by atoms with Crippen LogP contribution in [0.2, 0.25) is 0 Å².